The number of hydrogen-bond donors (Lipinski definition) is 0. The summed E-state index contributed by atoms with van der Waals surface area (Å²) in [5.74, 6) is 4.06. The first-order valence-electron chi connectivity index (χ1n) is 19.5. The van der Waals surface area contributed by atoms with Crippen LogP contribution < -0.4 is 0 Å². The molecule has 256 valence electrons. The Bertz CT molecular complexity index is 2110. The van der Waals surface area contributed by atoms with Gasteiger partial charge in [0, 0.05) is 51.9 Å². The van der Waals surface area contributed by atoms with E-state index < -0.39 is 0 Å². The minimum absolute atomic E-state index is 0.182. The third-order valence-corrected chi connectivity index (χ3v) is 12.6. The van der Waals surface area contributed by atoms with Gasteiger partial charge in [0.05, 0.1) is 6.04 Å². The van der Waals surface area contributed by atoms with E-state index in [2.05, 4.69) is 139 Å². The van der Waals surface area contributed by atoms with Crippen molar-refractivity contribution in [2.75, 3.05) is 0 Å². The molecule has 2 aromatic rings. The van der Waals surface area contributed by atoms with Crippen LogP contribution >= 0.6 is 0 Å². The number of ether oxygens (including phenoxy) is 1. The Kier molecular flexibility index (Phi) is 7.96. The van der Waals surface area contributed by atoms with Gasteiger partial charge in [-0.15, -0.1) is 0 Å². The van der Waals surface area contributed by atoms with Crippen LogP contribution in [0.1, 0.15) is 68.3 Å². The molecule has 0 spiro atoms. The van der Waals surface area contributed by atoms with Crippen molar-refractivity contribution in [3.05, 3.63) is 167 Å². The third kappa shape index (κ3) is 5.57. The van der Waals surface area contributed by atoms with Gasteiger partial charge in [-0.2, -0.15) is 0 Å². The number of fused-ring (bicyclic) bond motifs is 6. The summed E-state index contributed by atoms with van der Waals surface area (Å²) in [7, 11) is 0. The van der Waals surface area contributed by atoms with Gasteiger partial charge < -0.3 is 14.1 Å². The number of nitrogens with zero attached hydrogens (tertiary/aromatic N) is 1. The number of hydrogen-bond acceptors (Lipinski definition) is 3. The van der Waals surface area contributed by atoms with Crippen LogP contribution in [0, 0.1) is 23.7 Å². The molecule has 1 aromatic carbocycles. The highest BCUT2D eigenvalue weighted by Gasteiger charge is 2.42. The maximum Gasteiger partial charge on any atom is 0.142 e. The quantitative estimate of drug-likeness (QED) is 0.306. The molecule has 1 fully saturated rings. The second-order valence-corrected chi connectivity index (χ2v) is 15.5. The molecule has 1 saturated heterocycles. The summed E-state index contributed by atoms with van der Waals surface area (Å²) in [5, 5.41) is 1.30. The molecule has 0 radical (unpaired) electrons. The van der Waals surface area contributed by atoms with Gasteiger partial charge in [0.2, 0.25) is 0 Å². The van der Waals surface area contributed by atoms with Gasteiger partial charge >= 0.3 is 0 Å². The van der Waals surface area contributed by atoms with Gasteiger partial charge in [0.25, 0.3) is 0 Å². The standard InChI is InChI=1S/C48H47NO2/c1-2-10-32(11-3-1)33-20-26-36(27-21-33)49(37-28-22-34(23-29-37)39-14-8-16-43-41-12-4-6-18-45(41)50-47(39)43)38-30-24-35(25-31-38)40-15-9-17-44-42-13-5-7-19-46(42)51-48(40)44/h1-4,6-10,12,14-15,17-22,24,26,28-29,32,34,36,38,41,43,45H,5,11,13,16,23,25,27,30-31H2. The molecule has 0 saturated carbocycles. The highest BCUT2D eigenvalue weighted by molar-refractivity contribution is 5.94. The number of allylic oxidation sites excluding steroid dienone is 17. The Labute approximate surface area is 302 Å². The second kappa shape index (κ2) is 13.1. The lowest BCUT2D eigenvalue weighted by Crippen LogP contribution is -2.42. The van der Waals surface area contributed by atoms with Gasteiger partial charge in [0.15, 0.2) is 0 Å². The number of aryl methyl sites for hydroxylation is 1. The van der Waals surface area contributed by atoms with E-state index in [0.29, 0.717) is 35.8 Å². The summed E-state index contributed by atoms with van der Waals surface area (Å²) in [4.78, 5) is 2.77. The smallest absolute Gasteiger partial charge is 0.142 e. The van der Waals surface area contributed by atoms with E-state index in [4.69, 9.17) is 9.15 Å². The van der Waals surface area contributed by atoms with Crippen LogP contribution in [0.2, 0.25) is 0 Å². The minimum Gasteiger partial charge on any atom is -0.489 e. The van der Waals surface area contributed by atoms with Crippen LogP contribution in [0.25, 0.3) is 22.6 Å². The fourth-order valence-electron chi connectivity index (χ4n) is 9.98. The molecule has 0 amide bonds. The van der Waals surface area contributed by atoms with E-state index in [9.17, 15) is 0 Å². The van der Waals surface area contributed by atoms with Crippen molar-refractivity contribution in [3.8, 4) is 0 Å². The summed E-state index contributed by atoms with van der Waals surface area (Å²) in [6.45, 7) is 0. The molecule has 10 rings (SSSR count). The normalized spacial score (nSPS) is 31.6. The summed E-state index contributed by atoms with van der Waals surface area (Å²) in [6.07, 6.45) is 54.3. The van der Waals surface area contributed by atoms with Crippen molar-refractivity contribution in [1.82, 2.24) is 4.90 Å². The fourth-order valence-corrected chi connectivity index (χ4v) is 9.98. The van der Waals surface area contributed by atoms with Crippen LogP contribution in [0.3, 0.4) is 0 Å². The molecule has 7 aliphatic carbocycles. The van der Waals surface area contributed by atoms with E-state index in [-0.39, 0.29) is 6.10 Å². The first-order valence-corrected chi connectivity index (χ1v) is 19.5. The maximum absolute atomic E-state index is 6.64. The lowest BCUT2D eigenvalue weighted by molar-refractivity contribution is 0.181. The van der Waals surface area contributed by atoms with Gasteiger partial charge in [-0.25, -0.2) is 0 Å². The Morgan fingerprint density at radius 1 is 0.706 bits per heavy atom. The van der Waals surface area contributed by atoms with Crippen molar-refractivity contribution in [1.29, 1.82) is 0 Å². The molecular formula is C48H47NO2. The Morgan fingerprint density at radius 3 is 2.51 bits per heavy atom. The molecule has 7 atom stereocenters. The van der Waals surface area contributed by atoms with E-state index in [1.807, 2.05) is 0 Å². The Morgan fingerprint density at radius 2 is 1.67 bits per heavy atom. The third-order valence-electron chi connectivity index (χ3n) is 12.6. The highest BCUT2D eigenvalue weighted by atomic mass is 16.5. The van der Waals surface area contributed by atoms with E-state index >= 15 is 0 Å². The van der Waals surface area contributed by atoms with Crippen LogP contribution in [-0.2, 0) is 11.2 Å². The predicted molar refractivity (Wildman–Crippen MR) is 209 cm³/mol. The topological polar surface area (TPSA) is 25.6 Å². The summed E-state index contributed by atoms with van der Waals surface area (Å²) in [5.41, 5.74) is 9.40. The van der Waals surface area contributed by atoms with Gasteiger partial charge in [-0.3, -0.25) is 0 Å². The number of rotatable bonds is 6. The number of para-hydroxylation sites is 1. The molecule has 0 bridgehead atoms. The van der Waals surface area contributed by atoms with Gasteiger partial charge in [0.1, 0.15) is 23.2 Å². The molecule has 3 heteroatoms. The molecule has 51 heavy (non-hydrogen) atoms. The van der Waals surface area contributed by atoms with Crippen LogP contribution in [0.4, 0.5) is 0 Å². The van der Waals surface area contributed by atoms with Crippen molar-refractivity contribution in [2.24, 2.45) is 23.7 Å². The summed E-state index contributed by atoms with van der Waals surface area (Å²) < 4.78 is 13.1. The molecule has 2 heterocycles. The van der Waals surface area contributed by atoms with Crippen LogP contribution in [-0.4, -0.2) is 23.1 Å². The highest BCUT2D eigenvalue weighted by Crippen LogP contribution is 2.47. The molecule has 0 N–H and O–H groups in total. The van der Waals surface area contributed by atoms with E-state index in [1.165, 1.54) is 44.7 Å². The first-order chi connectivity index (χ1) is 25.3. The zero-order valence-corrected chi connectivity index (χ0v) is 29.4. The zero-order valence-electron chi connectivity index (χ0n) is 29.4. The molecular weight excluding hydrogens is 623 g/mol. The van der Waals surface area contributed by atoms with Crippen molar-refractivity contribution in [2.45, 2.75) is 76.0 Å². The van der Waals surface area contributed by atoms with Gasteiger partial charge in [-0.05, 0) is 92.7 Å². The van der Waals surface area contributed by atoms with Crippen LogP contribution in [0.5, 0.6) is 0 Å². The predicted octanol–water partition coefficient (Wildman–Crippen LogP) is 11.4. The average Bonchev–Trinajstić information content (AvgIpc) is 3.78. The van der Waals surface area contributed by atoms with Gasteiger partial charge in [-0.1, -0.05) is 115 Å². The maximum atomic E-state index is 6.64. The zero-order chi connectivity index (χ0) is 33.7. The molecule has 1 aromatic heterocycles. The molecule has 7 unspecified atom stereocenters. The first kappa shape index (κ1) is 31.0. The average molecular weight is 670 g/mol. The lowest BCUT2D eigenvalue weighted by atomic mass is 9.78. The number of furan rings is 1. The molecule has 3 nitrogen and oxygen atoms in total. The molecule has 1 aliphatic heterocycles. The second-order valence-electron chi connectivity index (χ2n) is 15.5. The van der Waals surface area contributed by atoms with E-state index in [1.54, 1.807) is 0 Å². The SMILES string of the molecule is C1=CCC(C2=CCC(N(C3=CCC(C4=C5OC6C=CC=CC6C5CC=C4)C=C3)C3CC=C(c4cccc5c6c(oc45)C=CCC6)CC3)C=C2)C=C1. The van der Waals surface area contributed by atoms with Crippen molar-refractivity contribution < 1.29 is 9.15 Å². The number of benzene rings is 1. The van der Waals surface area contributed by atoms with Crippen LogP contribution in [0.15, 0.2) is 155 Å². The molecule has 8 aliphatic rings. The Balaban J connectivity index is 0.925. The summed E-state index contributed by atoms with van der Waals surface area (Å²) >= 11 is 0. The minimum atomic E-state index is 0.182. The Hall–Kier alpha value is -4.76. The van der Waals surface area contributed by atoms with Crippen molar-refractivity contribution >= 4 is 22.6 Å². The largest absolute Gasteiger partial charge is 0.489 e. The van der Waals surface area contributed by atoms with E-state index in [0.717, 1.165) is 69.1 Å². The summed E-state index contributed by atoms with van der Waals surface area (Å²) in [6, 6.07) is 7.54. The lowest BCUT2D eigenvalue weighted by Gasteiger charge is -2.43. The monoisotopic (exact) mass is 669 g/mol. The fraction of sp³-hybridized carbons (Fsp3) is 0.333. The van der Waals surface area contributed by atoms with Crippen molar-refractivity contribution in [3.63, 3.8) is 0 Å².